The Morgan fingerprint density at radius 3 is 2.53 bits per heavy atom. The normalized spacial score (nSPS) is 33.2. The zero-order chi connectivity index (χ0) is 12.3. The first kappa shape index (κ1) is 13.3. The van der Waals surface area contributed by atoms with Crippen molar-refractivity contribution in [2.45, 2.75) is 45.2 Å². The maximum atomic E-state index is 3.69. The summed E-state index contributed by atoms with van der Waals surface area (Å²) < 4.78 is 0. The standard InChI is InChI=1S/C14H29N3/c1-12(2)10-13-11-14(4-5-15-13)17-8-6-16(3)7-9-17/h12-15H,4-11H2,1-3H3. The van der Waals surface area contributed by atoms with Gasteiger partial charge in [-0.15, -0.1) is 0 Å². The SMILES string of the molecule is CC(C)CC1CC(N2CCN(C)CC2)CCN1. The van der Waals surface area contributed by atoms with Gasteiger partial charge in [-0.1, -0.05) is 13.8 Å². The van der Waals surface area contributed by atoms with Gasteiger partial charge in [-0.05, 0) is 38.8 Å². The van der Waals surface area contributed by atoms with E-state index < -0.39 is 0 Å². The van der Waals surface area contributed by atoms with Gasteiger partial charge in [0.05, 0.1) is 0 Å². The third-order valence-corrected chi connectivity index (χ3v) is 4.28. The van der Waals surface area contributed by atoms with E-state index in [0.717, 1.165) is 18.0 Å². The van der Waals surface area contributed by atoms with Crippen molar-refractivity contribution < 1.29 is 0 Å². The van der Waals surface area contributed by atoms with E-state index in [1.807, 2.05) is 0 Å². The fourth-order valence-electron chi connectivity index (χ4n) is 3.25. The molecule has 2 unspecified atom stereocenters. The Kier molecular flexibility index (Phi) is 4.83. The van der Waals surface area contributed by atoms with E-state index in [1.165, 1.54) is 52.0 Å². The topological polar surface area (TPSA) is 18.5 Å². The summed E-state index contributed by atoms with van der Waals surface area (Å²) in [7, 11) is 2.24. The van der Waals surface area contributed by atoms with Gasteiger partial charge in [-0.2, -0.15) is 0 Å². The lowest BCUT2D eigenvalue weighted by atomic mass is 9.91. The summed E-state index contributed by atoms with van der Waals surface area (Å²) in [5.41, 5.74) is 0. The van der Waals surface area contributed by atoms with Crippen LogP contribution in [0.5, 0.6) is 0 Å². The number of rotatable bonds is 3. The Balaban J connectivity index is 1.80. The molecule has 0 aliphatic carbocycles. The van der Waals surface area contributed by atoms with Gasteiger partial charge < -0.3 is 10.2 Å². The zero-order valence-electron chi connectivity index (χ0n) is 11.8. The molecular formula is C14H29N3. The maximum Gasteiger partial charge on any atom is 0.0123 e. The van der Waals surface area contributed by atoms with Crippen molar-refractivity contribution in [3.8, 4) is 0 Å². The van der Waals surface area contributed by atoms with Crippen LogP contribution in [0, 0.1) is 5.92 Å². The molecule has 3 heteroatoms. The Labute approximate surface area is 107 Å². The van der Waals surface area contributed by atoms with Crippen LogP contribution in [0.4, 0.5) is 0 Å². The molecule has 100 valence electrons. The van der Waals surface area contributed by atoms with Crippen LogP contribution >= 0.6 is 0 Å². The van der Waals surface area contributed by atoms with Gasteiger partial charge in [0.15, 0.2) is 0 Å². The van der Waals surface area contributed by atoms with Crippen molar-refractivity contribution in [2.24, 2.45) is 5.92 Å². The molecule has 17 heavy (non-hydrogen) atoms. The van der Waals surface area contributed by atoms with E-state index in [0.29, 0.717) is 0 Å². The quantitative estimate of drug-likeness (QED) is 0.803. The first-order valence-electron chi connectivity index (χ1n) is 7.31. The van der Waals surface area contributed by atoms with Crippen LogP contribution in [0.25, 0.3) is 0 Å². The molecule has 2 fully saturated rings. The molecule has 0 aromatic rings. The summed E-state index contributed by atoms with van der Waals surface area (Å²) in [5, 5.41) is 3.69. The average molecular weight is 239 g/mol. The van der Waals surface area contributed by atoms with E-state index in [-0.39, 0.29) is 0 Å². The summed E-state index contributed by atoms with van der Waals surface area (Å²) in [4.78, 5) is 5.18. The minimum Gasteiger partial charge on any atom is -0.314 e. The van der Waals surface area contributed by atoms with Crippen LogP contribution in [-0.2, 0) is 0 Å². The predicted octanol–water partition coefficient (Wildman–Crippen LogP) is 1.40. The van der Waals surface area contributed by atoms with Crippen LogP contribution in [-0.4, -0.2) is 61.7 Å². The molecule has 1 N–H and O–H groups in total. The molecular weight excluding hydrogens is 210 g/mol. The molecule has 0 aromatic heterocycles. The Bertz CT molecular complexity index is 222. The second-order valence-electron chi connectivity index (χ2n) is 6.30. The highest BCUT2D eigenvalue weighted by atomic mass is 15.3. The molecule has 0 saturated carbocycles. The van der Waals surface area contributed by atoms with E-state index in [4.69, 9.17) is 0 Å². The summed E-state index contributed by atoms with van der Waals surface area (Å²) in [5.74, 6) is 0.818. The van der Waals surface area contributed by atoms with Crippen molar-refractivity contribution in [3.63, 3.8) is 0 Å². The molecule has 2 aliphatic rings. The minimum absolute atomic E-state index is 0.758. The number of nitrogens with one attached hydrogen (secondary N) is 1. The molecule has 3 nitrogen and oxygen atoms in total. The molecule has 0 bridgehead atoms. The van der Waals surface area contributed by atoms with Crippen molar-refractivity contribution in [3.05, 3.63) is 0 Å². The van der Waals surface area contributed by atoms with Crippen LogP contribution < -0.4 is 5.32 Å². The van der Waals surface area contributed by atoms with E-state index in [1.54, 1.807) is 0 Å². The second-order valence-corrected chi connectivity index (χ2v) is 6.30. The highest BCUT2D eigenvalue weighted by molar-refractivity contribution is 4.86. The number of likely N-dealkylation sites (N-methyl/N-ethyl adjacent to an activating group) is 1. The maximum absolute atomic E-state index is 3.69. The third kappa shape index (κ3) is 3.94. The molecule has 2 saturated heterocycles. The van der Waals surface area contributed by atoms with E-state index in [2.05, 4.69) is 36.0 Å². The Hall–Kier alpha value is -0.120. The molecule has 0 spiro atoms. The number of hydrogen-bond acceptors (Lipinski definition) is 3. The number of piperazine rings is 1. The van der Waals surface area contributed by atoms with Crippen LogP contribution in [0.2, 0.25) is 0 Å². The summed E-state index contributed by atoms with van der Waals surface area (Å²) in [6.45, 7) is 10.9. The zero-order valence-corrected chi connectivity index (χ0v) is 11.8. The molecule has 2 atom stereocenters. The molecule has 0 radical (unpaired) electrons. The second kappa shape index (κ2) is 6.17. The van der Waals surface area contributed by atoms with Gasteiger partial charge in [0, 0.05) is 38.3 Å². The lowest BCUT2D eigenvalue weighted by molar-refractivity contribution is 0.0826. The van der Waals surface area contributed by atoms with E-state index >= 15 is 0 Å². The Morgan fingerprint density at radius 1 is 1.18 bits per heavy atom. The van der Waals surface area contributed by atoms with Crippen molar-refractivity contribution in [1.82, 2.24) is 15.1 Å². The molecule has 2 aliphatic heterocycles. The third-order valence-electron chi connectivity index (χ3n) is 4.28. The largest absolute Gasteiger partial charge is 0.314 e. The highest BCUT2D eigenvalue weighted by Crippen LogP contribution is 2.20. The number of nitrogens with zero attached hydrogens (tertiary/aromatic N) is 2. The van der Waals surface area contributed by atoms with Crippen LogP contribution in [0.1, 0.15) is 33.1 Å². The van der Waals surface area contributed by atoms with Crippen LogP contribution in [0.3, 0.4) is 0 Å². The lowest BCUT2D eigenvalue weighted by Gasteiger charge is -2.42. The fourth-order valence-corrected chi connectivity index (χ4v) is 3.25. The Morgan fingerprint density at radius 2 is 1.88 bits per heavy atom. The monoisotopic (exact) mass is 239 g/mol. The lowest BCUT2D eigenvalue weighted by Crippen LogP contribution is -2.54. The van der Waals surface area contributed by atoms with E-state index in [9.17, 15) is 0 Å². The predicted molar refractivity (Wildman–Crippen MR) is 73.3 cm³/mol. The summed E-state index contributed by atoms with van der Waals surface area (Å²) in [6, 6.07) is 1.60. The molecule has 2 rings (SSSR count). The number of piperidine rings is 1. The first-order chi connectivity index (χ1) is 8.15. The number of hydrogen-bond donors (Lipinski definition) is 1. The van der Waals surface area contributed by atoms with Gasteiger partial charge in [0.25, 0.3) is 0 Å². The van der Waals surface area contributed by atoms with Gasteiger partial charge in [-0.25, -0.2) is 0 Å². The van der Waals surface area contributed by atoms with Gasteiger partial charge in [0.1, 0.15) is 0 Å². The smallest absolute Gasteiger partial charge is 0.0123 e. The van der Waals surface area contributed by atoms with Crippen LogP contribution in [0.15, 0.2) is 0 Å². The van der Waals surface area contributed by atoms with Gasteiger partial charge in [0.2, 0.25) is 0 Å². The first-order valence-corrected chi connectivity index (χ1v) is 7.31. The summed E-state index contributed by atoms with van der Waals surface area (Å²) in [6.07, 6.45) is 4.05. The van der Waals surface area contributed by atoms with Crippen molar-refractivity contribution in [1.29, 1.82) is 0 Å². The average Bonchev–Trinajstić information content (AvgIpc) is 2.29. The van der Waals surface area contributed by atoms with Gasteiger partial charge in [-0.3, -0.25) is 4.90 Å². The molecule has 2 heterocycles. The van der Waals surface area contributed by atoms with Crippen molar-refractivity contribution in [2.75, 3.05) is 39.8 Å². The highest BCUT2D eigenvalue weighted by Gasteiger charge is 2.28. The van der Waals surface area contributed by atoms with Gasteiger partial charge >= 0.3 is 0 Å². The van der Waals surface area contributed by atoms with Crippen molar-refractivity contribution >= 4 is 0 Å². The molecule has 0 aromatic carbocycles. The minimum atomic E-state index is 0.758. The fraction of sp³-hybridized carbons (Fsp3) is 1.00. The summed E-state index contributed by atoms with van der Waals surface area (Å²) >= 11 is 0. The molecule has 0 amide bonds.